The van der Waals surface area contributed by atoms with Crippen molar-refractivity contribution in [1.29, 1.82) is 0 Å². The second-order valence-electron chi connectivity index (χ2n) is 4.45. The number of aromatic nitrogens is 1. The Morgan fingerprint density at radius 2 is 2.20 bits per heavy atom. The van der Waals surface area contributed by atoms with Crippen LogP contribution in [0.1, 0.15) is 30.0 Å². The molecule has 0 saturated heterocycles. The van der Waals surface area contributed by atoms with Gasteiger partial charge in [0.15, 0.2) is 0 Å². The lowest BCUT2D eigenvalue weighted by Crippen LogP contribution is -2.29. The Labute approximate surface area is 122 Å². The first-order chi connectivity index (χ1) is 9.45. The average molecular weight is 311 g/mol. The molecule has 2 rings (SSSR count). The number of anilines is 1. The Bertz CT molecular complexity index is 661. The number of benzene rings is 1. The van der Waals surface area contributed by atoms with Gasteiger partial charge in [0.2, 0.25) is 10.0 Å². The van der Waals surface area contributed by atoms with Gasteiger partial charge < -0.3 is 5.73 Å². The monoisotopic (exact) mass is 311 g/mol. The number of hydrogen-bond acceptors (Lipinski definition) is 5. The quantitative estimate of drug-likeness (QED) is 0.831. The van der Waals surface area contributed by atoms with E-state index >= 15 is 0 Å². The largest absolute Gasteiger partial charge is 0.398 e. The molecule has 2 aromatic rings. The van der Waals surface area contributed by atoms with Crippen molar-refractivity contribution in [3.05, 3.63) is 40.3 Å². The summed E-state index contributed by atoms with van der Waals surface area (Å²) in [7, 11) is -3.67. The minimum absolute atomic E-state index is 0.148. The van der Waals surface area contributed by atoms with Crippen LogP contribution in [0.3, 0.4) is 0 Å². The Balaban J connectivity index is 2.36. The maximum Gasteiger partial charge on any atom is 0.243 e. The van der Waals surface area contributed by atoms with Gasteiger partial charge in [0.1, 0.15) is 9.90 Å². The summed E-state index contributed by atoms with van der Waals surface area (Å²) in [4.78, 5) is 4.32. The van der Waals surface area contributed by atoms with Crippen molar-refractivity contribution in [3.63, 3.8) is 0 Å². The molecule has 1 atom stereocenters. The van der Waals surface area contributed by atoms with Gasteiger partial charge in [0.05, 0.1) is 11.7 Å². The topological polar surface area (TPSA) is 85.1 Å². The third kappa shape index (κ3) is 3.00. The van der Waals surface area contributed by atoms with Gasteiger partial charge in [-0.05, 0) is 25.0 Å². The molecule has 0 spiro atoms. The molecule has 0 bridgehead atoms. The molecule has 1 heterocycles. The van der Waals surface area contributed by atoms with Crippen LogP contribution < -0.4 is 10.5 Å². The van der Waals surface area contributed by atoms with E-state index in [-0.39, 0.29) is 16.6 Å². The van der Waals surface area contributed by atoms with Crippen molar-refractivity contribution in [2.45, 2.75) is 31.2 Å². The van der Waals surface area contributed by atoms with Crippen LogP contribution in [0.25, 0.3) is 0 Å². The zero-order valence-corrected chi connectivity index (χ0v) is 13.0. The third-order valence-corrected chi connectivity index (χ3v) is 5.55. The van der Waals surface area contributed by atoms with Crippen molar-refractivity contribution in [1.82, 2.24) is 9.71 Å². The fourth-order valence-electron chi connectivity index (χ4n) is 2.00. The molecule has 0 fully saturated rings. The molecule has 1 aromatic heterocycles. The van der Waals surface area contributed by atoms with Gasteiger partial charge in [-0.1, -0.05) is 19.1 Å². The first-order valence-corrected chi connectivity index (χ1v) is 8.58. The van der Waals surface area contributed by atoms with Crippen LogP contribution in [0.2, 0.25) is 0 Å². The third-order valence-electron chi connectivity index (χ3n) is 2.97. The molecule has 0 amide bonds. The van der Waals surface area contributed by atoms with Crippen LogP contribution >= 0.6 is 11.3 Å². The van der Waals surface area contributed by atoms with E-state index in [0.717, 1.165) is 5.01 Å². The summed E-state index contributed by atoms with van der Waals surface area (Å²) in [5, 5.41) is 2.58. The highest BCUT2D eigenvalue weighted by Gasteiger charge is 2.25. The fourth-order valence-corrected chi connectivity index (χ4v) is 4.49. The molecule has 20 heavy (non-hydrogen) atoms. The van der Waals surface area contributed by atoms with Crippen LogP contribution in [-0.2, 0) is 10.0 Å². The summed E-state index contributed by atoms with van der Waals surface area (Å²) < 4.78 is 27.7. The molecule has 7 heteroatoms. The van der Waals surface area contributed by atoms with E-state index in [0.29, 0.717) is 12.0 Å². The Morgan fingerprint density at radius 3 is 2.75 bits per heavy atom. The number of rotatable bonds is 5. The number of sulfonamides is 1. The molecule has 0 saturated carbocycles. The summed E-state index contributed by atoms with van der Waals surface area (Å²) in [6, 6.07) is 4.72. The summed E-state index contributed by atoms with van der Waals surface area (Å²) in [6.45, 7) is 3.64. The van der Waals surface area contributed by atoms with E-state index in [9.17, 15) is 8.42 Å². The van der Waals surface area contributed by atoms with Crippen molar-refractivity contribution in [2.24, 2.45) is 0 Å². The zero-order valence-electron chi connectivity index (χ0n) is 11.3. The molecule has 0 aliphatic heterocycles. The van der Waals surface area contributed by atoms with Gasteiger partial charge in [0, 0.05) is 11.6 Å². The molecule has 3 N–H and O–H groups in total. The van der Waals surface area contributed by atoms with Crippen molar-refractivity contribution in [3.8, 4) is 0 Å². The van der Waals surface area contributed by atoms with Crippen molar-refractivity contribution in [2.75, 3.05) is 5.73 Å². The lowest BCUT2D eigenvalue weighted by atomic mass is 10.2. The molecular formula is C13H17N3O2S2. The minimum Gasteiger partial charge on any atom is -0.398 e. The van der Waals surface area contributed by atoms with E-state index in [1.54, 1.807) is 31.3 Å². The maximum atomic E-state index is 12.5. The van der Waals surface area contributed by atoms with Crippen LogP contribution in [-0.4, -0.2) is 13.4 Å². The first-order valence-electron chi connectivity index (χ1n) is 6.22. The van der Waals surface area contributed by atoms with Crippen LogP contribution in [0, 0.1) is 6.92 Å². The van der Waals surface area contributed by atoms with Gasteiger partial charge >= 0.3 is 0 Å². The molecule has 1 aromatic carbocycles. The number of nitrogens with two attached hydrogens (primary N) is 1. The summed E-state index contributed by atoms with van der Waals surface area (Å²) in [5.74, 6) is 0. The second-order valence-corrected chi connectivity index (χ2v) is 7.02. The molecule has 0 radical (unpaired) electrons. The van der Waals surface area contributed by atoms with E-state index in [4.69, 9.17) is 5.73 Å². The second kappa shape index (κ2) is 5.90. The zero-order chi connectivity index (χ0) is 14.8. The van der Waals surface area contributed by atoms with E-state index in [1.165, 1.54) is 11.3 Å². The van der Waals surface area contributed by atoms with Gasteiger partial charge in [-0.3, -0.25) is 0 Å². The van der Waals surface area contributed by atoms with Crippen LogP contribution in [0.4, 0.5) is 5.69 Å². The number of nitrogens with one attached hydrogen (secondary N) is 1. The SMILES string of the molecule is CCC(NS(=O)(=O)c1c(C)cccc1N)c1nccs1. The maximum absolute atomic E-state index is 12.5. The number of nitrogens with zero attached hydrogens (tertiary/aromatic N) is 1. The highest BCUT2D eigenvalue weighted by Crippen LogP contribution is 2.26. The number of aryl methyl sites for hydroxylation is 1. The predicted octanol–water partition coefficient (Wildman–Crippen LogP) is 2.46. The average Bonchev–Trinajstić information content (AvgIpc) is 2.89. The normalized spacial score (nSPS) is 13.3. The van der Waals surface area contributed by atoms with Gasteiger partial charge in [-0.25, -0.2) is 18.1 Å². The summed E-state index contributed by atoms with van der Waals surface area (Å²) >= 11 is 1.43. The summed E-state index contributed by atoms with van der Waals surface area (Å²) in [5.41, 5.74) is 6.70. The standard InChI is InChI=1S/C13H17N3O2S2/c1-3-11(13-15-7-8-19-13)16-20(17,18)12-9(2)5-4-6-10(12)14/h4-8,11,16H,3,14H2,1-2H3. The highest BCUT2D eigenvalue weighted by atomic mass is 32.2. The van der Waals surface area contributed by atoms with Crippen LogP contribution in [0.5, 0.6) is 0 Å². The van der Waals surface area contributed by atoms with Crippen LogP contribution in [0.15, 0.2) is 34.7 Å². The number of nitrogen functional groups attached to an aromatic ring is 1. The Morgan fingerprint density at radius 1 is 1.45 bits per heavy atom. The van der Waals surface area contributed by atoms with E-state index in [1.807, 2.05) is 12.3 Å². The van der Waals surface area contributed by atoms with E-state index < -0.39 is 10.0 Å². The van der Waals surface area contributed by atoms with Gasteiger partial charge in [-0.15, -0.1) is 11.3 Å². The predicted molar refractivity (Wildman–Crippen MR) is 81.1 cm³/mol. The van der Waals surface area contributed by atoms with Gasteiger partial charge in [0.25, 0.3) is 0 Å². The molecule has 0 aliphatic carbocycles. The highest BCUT2D eigenvalue weighted by molar-refractivity contribution is 7.89. The first kappa shape index (κ1) is 15.0. The fraction of sp³-hybridized carbons (Fsp3) is 0.308. The minimum atomic E-state index is -3.67. The number of thiazole rings is 1. The molecule has 108 valence electrons. The van der Waals surface area contributed by atoms with Crippen molar-refractivity contribution >= 4 is 27.0 Å². The lowest BCUT2D eigenvalue weighted by Gasteiger charge is -2.17. The smallest absolute Gasteiger partial charge is 0.243 e. The Hall–Kier alpha value is -1.44. The molecule has 1 unspecified atom stereocenters. The van der Waals surface area contributed by atoms with Gasteiger partial charge in [-0.2, -0.15) is 0 Å². The van der Waals surface area contributed by atoms with E-state index in [2.05, 4.69) is 9.71 Å². The number of hydrogen-bond donors (Lipinski definition) is 2. The molecular weight excluding hydrogens is 294 g/mol. The van der Waals surface area contributed by atoms with Crippen molar-refractivity contribution < 1.29 is 8.42 Å². The summed E-state index contributed by atoms with van der Waals surface area (Å²) in [6.07, 6.45) is 2.29. The molecule has 5 nitrogen and oxygen atoms in total. The Kier molecular flexibility index (Phi) is 4.42. The lowest BCUT2D eigenvalue weighted by molar-refractivity contribution is 0.549. The molecule has 0 aliphatic rings.